The Morgan fingerprint density at radius 2 is 2.10 bits per heavy atom. The van der Waals surface area contributed by atoms with E-state index < -0.39 is 0 Å². The van der Waals surface area contributed by atoms with Gasteiger partial charge in [-0.1, -0.05) is 0 Å². The summed E-state index contributed by atoms with van der Waals surface area (Å²) in [4.78, 5) is 35.0. The lowest BCUT2D eigenvalue weighted by Gasteiger charge is -2.15. The van der Waals surface area contributed by atoms with Crippen LogP contribution in [-0.4, -0.2) is 38.4 Å². The second-order valence-corrected chi connectivity index (χ2v) is 4.86. The molecule has 0 unspecified atom stereocenters. The minimum atomic E-state index is -0.351. The lowest BCUT2D eigenvalue weighted by molar-refractivity contribution is 0.0785. The quantitative estimate of drug-likeness (QED) is 0.819. The summed E-state index contributed by atoms with van der Waals surface area (Å²) < 4.78 is 1.51. The Morgan fingerprint density at radius 1 is 1.35 bits per heavy atom. The number of fused-ring (bicyclic) bond motifs is 1. The summed E-state index contributed by atoms with van der Waals surface area (Å²) in [6.07, 6.45) is 3.60. The maximum atomic E-state index is 12.4. The van der Waals surface area contributed by atoms with Crippen molar-refractivity contribution in [2.45, 2.75) is 26.3 Å². The van der Waals surface area contributed by atoms with Crippen LogP contribution in [0.2, 0.25) is 0 Å². The Hall–Kier alpha value is -2.24. The summed E-state index contributed by atoms with van der Waals surface area (Å²) in [5.41, 5.74) is 0.763. The van der Waals surface area contributed by atoms with Gasteiger partial charge in [-0.3, -0.25) is 14.2 Å². The molecule has 20 heavy (non-hydrogen) atoms. The molecule has 3 rings (SSSR count). The van der Waals surface area contributed by atoms with Gasteiger partial charge in [-0.05, 0) is 31.9 Å². The minimum absolute atomic E-state index is 0.00856. The number of pyridine rings is 1. The van der Waals surface area contributed by atoms with E-state index in [1.54, 1.807) is 23.2 Å². The van der Waals surface area contributed by atoms with E-state index >= 15 is 0 Å². The lowest BCUT2D eigenvalue weighted by atomic mass is 10.3. The second-order valence-electron chi connectivity index (χ2n) is 4.86. The fourth-order valence-electron chi connectivity index (χ4n) is 2.58. The Labute approximate surface area is 116 Å². The number of nitrogens with zero attached hydrogens (tertiary/aromatic N) is 4. The smallest absolute Gasteiger partial charge is 0.283 e. The predicted octanol–water partition coefficient (Wildman–Crippen LogP) is 1.05. The highest BCUT2D eigenvalue weighted by Gasteiger charge is 2.25. The third-order valence-electron chi connectivity index (χ3n) is 3.61. The van der Waals surface area contributed by atoms with Crippen LogP contribution in [0.4, 0.5) is 0 Å². The molecule has 0 aromatic carbocycles. The fraction of sp³-hybridized carbons (Fsp3) is 0.429. The molecule has 104 valence electrons. The van der Waals surface area contributed by atoms with Gasteiger partial charge in [-0.25, -0.2) is 9.97 Å². The molecule has 1 aliphatic heterocycles. The summed E-state index contributed by atoms with van der Waals surface area (Å²) in [7, 11) is 0. The van der Waals surface area contributed by atoms with Gasteiger partial charge >= 0.3 is 0 Å². The van der Waals surface area contributed by atoms with E-state index in [0.717, 1.165) is 12.8 Å². The van der Waals surface area contributed by atoms with Crippen LogP contribution >= 0.6 is 0 Å². The zero-order valence-corrected chi connectivity index (χ0v) is 11.4. The third-order valence-corrected chi connectivity index (χ3v) is 3.61. The summed E-state index contributed by atoms with van der Waals surface area (Å²) in [5.74, 6) is -0.263. The van der Waals surface area contributed by atoms with Crippen molar-refractivity contribution in [3.05, 3.63) is 34.4 Å². The topological polar surface area (TPSA) is 68.1 Å². The molecule has 6 heteroatoms. The summed E-state index contributed by atoms with van der Waals surface area (Å²) in [6, 6.07) is 3.53. The predicted molar refractivity (Wildman–Crippen MR) is 74.6 cm³/mol. The molecule has 0 N–H and O–H groups in total. The molecule has 3 heterocycles. The maximum absolute atomic E-state index is 12.4. The second kappa shape index (κ2) is 5.03. The van der Waals surface area contributed by atoms with Crippen molar-refractivity contribution in [2.24, 2.45) is 0 Å². The number of amides is 1. The van der Waals surface area contributed by atoms with E-state index in [1.165, 1.54) is 4.57 Å². The average Bonchev–Trinajstić information content (AvgIpc) is 3.00. The molecule has 0 radical (unpaired) electrons. The number of hydrogen-bond donors (Lipinski definition) is 0. The van der Waals surface area contributed by atoms with Gasteiger partial charge in [-0.15, -0.1) is 0 Å². The van der Waals surface area contributed by atoms with Gasteiger partial charge in [0.05, 0.1) is 0 Å². The van der Waals surface area contributed by atoms with Crippen molar-refractivity contribution >= 4 is 17.1 Å². The molecule has 1 amide bonds. The van der Waals surface area contributed by atoms with E-state index in [-0.39, 0.29) is 17.2 Å². The minimum Gasteiger partial charge on any atom is -0.337 e. The van der Waals surface area contributed by atoms with Crippen LogP contribution < -0.4 is 5.56 Å². The van der Waals surface area contributed by atoms with Crippen molar-refractivity contribution in [2.75, 3.05) is 13.1 Å². The average molecular weight is 272 g/mol. The number of rotatable bonds is 2. The standard InChI is InChI=1S/C14H16N4O2/c1-2-18-12-10(6-5-7-15-12)16-11(14(18)20)13(19)17-8-3-4-9-17/h5-7H,2-4,8-9H2,1H3. The van der Waals surface area contributed by atoms with Crippen molar-refractivity contribution in [1.82, 2.24) is 19.4 Å². The van der Waals surface area contributed by atoms with Crippen LogP contribution in [0, 0.1) is 0 Å². The van der Waals surface area contributed by atoms with Gasteiger partial charge in [0.1, 0.15) is 5.52 Å². The largest absolute Gasteiger partial charge is 0.337 e. The van der Waals surface area contributed by atoms with E-state index in [2.05, 4.69) is 9.97 Å². The maximum Gasteiger partial charge on any atom is 0.283 e. The lowest BCUT2D eigenvalue weighted by Crippen LogP contribution is -2.36. The number of aromatic nitrogens is 3. The van der Waals surface area contributed by atoms with Crippen LogP contribution in [-0.2, 0) is 6.54 Å². The molecule has 1 saturated heterocycles. The monoisotopic (exact) mass is 272 g/mol. The Kier molecular flexibility index (Phi) is 3.22. The van der Waals surface area contributed by atoms with Crippen LogP contribution in [0.3, 0.4) is 0 Å². The Bertz CT molecular complexity index is 717. The van der Waals surface area contributed by atoms with Crippen molar-refractivity contribution in [1.29, 1.82) is 0 Å². The van der Waals surface area contributed by atoms with Crippen LogP contribution in [0.1, 0.15) is 30.3 Å². The first-order valence-electron chi connectivity index (χ1n) is 6.87. The fourth-order valence-corrected chi connectivity index (χ4v) is 2.58. The van der Waals surface area contributed by atoms with Crippen LogP contribution in [0.5, 0.6) is 0 Å². The molecule has 0 spiro atoms. The number of carbonyl (C=O) groups excluding carboxylic acids is 1. The highest BCUT2D eigenvalue weighted by Crippen LogP contribution is 2.12. The highest BCUT2D eigenvalue weighted by molar-refractivity contribution is 5.93. The zero-order valence-electron chi connectivity index (χ0n) is 11.4. The first kappa shape index (κ1) is 12.8. The molecule has 0 aliphatic carbocycles. The van der Waals surface area contributed by atoms with Crippen LogP contribution in [0.25, 0.3) is 11.2 Å². The van der Waals surface area contributed by atoms with Crippen LogP contribution in [0.15, 0.2) is 23.1 Å². The van der Waals surface area contributed by atoms with Gasteiger partial charge in [0.15, 0.2) is 11.3 Å². The zero-order chi connectivity index (χ0) is 14.1. The van der Waals surface area contributed by atoms with Gasteiger partial charge in [-0.2, -0.15) is 0 Å². The van der Waals surface area contributed by atoms with Gasteiger partial charge in [0.2, 0.25) is 0 Å². The first-order chi connectivity index (χ1) is 9.72. The number of carbonyl (C=O) groups is 1. The summed E-state index contributed by atoms with van der Waals surface area (Å²) in [5, 5.41) is 0. The summed E-state index contributed by atoms with van der Waals surface area (Å²) >= 11 is 0. The molecule has 6 nitrogen and oxygen atoms in total. The first-order valence-corrected chi connectivity index (χ1v) is 6.87. The van der Waals surface area contributed by atoms with Crippen molar-refractivity contribution in [3.63, 3.8) is 0 Å². The van der Waals surface area contributed by atoms with Gasteiger partial charge in [0.25, 0.3) is 11.5 Å². The molecule has 0 atom stereocenters. The summed E-state index contributed by atoms with van der Waals surface area (Å²) in [6.45, 7) is 3.74. The highest BCUT2D eigenvalue weighted by atomic mass is 16.2. The number of likely N-dealkylation sites (tertiary alicyclic amines) is 1. The molecule has 2 aromatic heterocycles. The van der Waals surface area contributed by atoms with E-state index in [4.69, 9.17) is 0 Å². The molecular formula is C14H16N4O2. The van der Waals surface area contributed by atoms with Crippen molar-refractivity contribution < 1.29 is 4.79 Å². The van der Waals surface area contributed by atoms with Crippen molar-refractivity contribution in [3.8, 4) is 0 Å². The number of aryl methyl sites for hydroxylation is 1. The van der Waals surface area contributed by atoms with Gasteiger partial charge in [0, 0.05) is 25.8 Å². The Morgan fingerprint density at radius 3 is 2.80 bits per heavy atom. The SMILES string of the molecule is CCn1c(=O)c(C(=O)N2CCCC2)nc2cccnc21. The molecule has 0 bridgehead atoms. The molecule has 1 fully saturated rings. The Balaban J connectivity index is 2.18. The van der Waals surface area contributed by atoms with E-state index in [0.29, 0.717) is 30.8 Å². The molecule has 1 aliphatic rings. The van der Waals surface area contributed by atoms with Gasteiger partial charge < -0.3 is 4.90 Å². The third kappa shape index (κ3) is 1.97. The molecule has 0 saturated carbocycles. The molecule has 2 aromatic rings. The molecular weight excluding hydrogens is 256 g/mol. The normalized spacial score (nSPS) is 14.9. The van der Waals surface area contributed by atoms with E-state index in [9.17, 15) is 9.59 Å². The van der Waals surface area contributed by atoms with E-state index in [1.807, 2.05) is 6.92 Å². The number of hydrogen-bond acceptors (Lipinski definition) is 4.